The molecule has 212 valence electrons. The fourth-order valence-corrected chi connectivity index (χ4v) is 3.88. The van der Waals surface area contributed by atoms with Gasteiger partial charge in [-0.25, -0.2) is 0 Å². The number of carbonyl (C=O) groups is 3. The van der Waals surface area contributed by atoms with Gasteiger partial charge in [-0.2, -0.15) is 0 Å². The first-order chi connectivity index (χ1) is 18.4. The Morgan fingerprint density at radius 3 is 2.54 bits per heavy atom. The van der Waals surface area contributed by atoms with Gasteiger partial charge in [-0.05, 0) is 44.0 Å². The zero-order chi connectivity index (χ0) is 29.1. The van der Waals surface area contributed by atoms with Crippen molar-refractivity contribution in [3.05, 3.63) is 64.0 Å². The van der Waals surface area contributed by atoms with Crippen LogP contribution in [0.1, 0.15) is 42.8 Å². The lowest BCUT2D eigenvalue weighted by Gasteiger charge is -2.19. The molecule has 2 rings (SSSR count). The van der Waals surface area contributed by atoms with Gasteiger partial charge < -0.3 is 30.1 Å². The summed E-state index contributed by atoms with van der Waals surface area (Å²) in [6.45, 7) is 6.88. The average molecular weight is 562 g/mol. The number of aliphatic hydroxyl groups is 1. The number of rotatable bonds is 14. The molecule has 2 amide bonds. The molecule has 1 aromatic heterocycles. The molecule has 1 heterocycles. The number of methoxy groups -OCH3 is 1. The normalized spacial score (nSPS) is 14.6. The Kier molecular flexibility index (Phi) is 12.2. The van der Waals surface area contributed by atoms with Crippen LogP contribution in [0, 0.1) is 25.7 Å². The molecular formula is C28H36ClN3O7. The Morgan fingerprint density at radius 2 is 1.95 bits per heavy atom. The van der Waals surface area contributed by atoms with Crippen LogP contribution < -0.4 is 15.4 Å². The first-order valence-electron chi connectivity index (χ1n) is 12.5. The maximum atomic E-state index is 12.8. The number of carbonyl (C=O) groups excluding carboxylic acids is 2. The van der Waals surface area contributed by atoms with Gasteiger partial charge in [-0.1, -0.05) is 54.9 Å². The number of ether oxygens (including phenoxy) is 1. The molecule has 0 saturated carbocycles. The zero-order valence-corrected chi connectivity index (χ0v) is 23.5. The van der Waals surface area contributed by atoms with E-state index in [0.29, 0.717) is 22.1 Å². The van der Waals surface area contributed by atoms with Gasteiger partial charge in [0.1, 0.15) is 17.6 Å². The van der Waals surface area contributed by atoms with Crippen molar-refractivity contribution in [3.63, 3.8) is 0 Å². The van der Waals surface area contributed by atoms with Crippen molar-refractivity contribution in [1.29, 1.82) is 0 Å². The molecule has 4 atom stereocenters. The van der Waals surface area contributed by atoms with E-state index in [1.807, 2.05) is 32.9 Å². The molecule has 11 heteroatoms. The minimum atomic E-state index is -1.05. The lowest BCUT2D eigenvalue weighted by Crippen LogP contribution is -2.48. The molecule has 0 aliphatic heterocycles. The first kappa shape index (κ1) is 31.6. The third-order valence-corrected chi connectivity index (χ3v) is 6.50. The summed E-state index contributed by atoms with van der Waals surface area (Å²) in [4.78, 5) is 36.6. The van der Waals surface area contributed by atoms with E-state index in [9.17, 15) is 19.5 Å². The smallest absolute Gasteiger partial charge is 0.308 e. The summed E-state index contributed by atoms with van der Waals surface area (Å²) in [5.41, 5.74) is 2.30. The highest BCUT2D eigenvalue weighted by atomic mass is 35.5. The van der Waals surface area contributed by atoms with Crippen LogP contribution in [0.2, 0.25) is 5.02 Å². The fraction of sp³-hybridized carbons (Fsp3) is 0.429. The number of nitrogens with zero attached hydrogens (tertiary/aromatic N) is 1. The van der Waals surface area contributed by atoms with Crippen LogP contribution in [-0.4, -0.2) is 59.0 Å². The highest BCUT2D eigenvalue weighted by Crippen LogP contribution is 2.25. The molecule has 4 N–H and O–H groups in total. The number of aliphatic carboxylic acids is 1. The predicted octanol–water partition coefficient (Wildman–Crippen LogP) is 3.47. The number of aryl methyl sites for hydroxylation is 2. The number of hydrogen-bond acceptors (Lipinski definition) is 7. The molecule has 1 aromatic carbocycles. The Labute approximate surface area is 233 Å². The van der Waals surface area contributed by atoms with E-state index >= 15 is 0 Å². The van der Waals surface area contributed by atoms with Crippen LogP contribution in [0.15, 0.2) is 41.0 Å². The van der Waals surface area contributed by atoms with Crippen LogP contribution in [0.3, 0.4) is 0 Å². The molecule has 0 aliphatic carbocycles. The predicted molar refractivity (Wildman–Crippen MR) is 147 cm³/mol. The Hall–Kier alpha value is -3.63. The number of carboxylic acids is 1. The minimum Gasteiger partial charge on any atom is -0.495 e. The van der Waals surface area contributed by atoms with Crippen LogP contribution >= 0.6 is 11.6 Å². The van der Waals surface area contributed by atoms with Gasteiger partial charge in [0.25, 0.3) is 0 Å². The van der Waals surface area contributed by atoms with E-state index in [2.05, 4.69) is 15.8 Å². The van der Waals surface area contributed by atoms with Gasteiger partial charge in [0.05, 0.1) is 29.8 Å². The van der Waals surface area contributed by atoms with Crippen molar-refractivity contribution in [2.24, 2.45) is 11.8 Å². The molecule has 10 nitrogen and oxygen atoms in total. The topological polar surface area (TPSA) is 151 Å². The summed E-state index contributed by atoms with van der Waals surface area (Å²) < 4.78 is 10.3. The molecule has 0 unspecified atom stereocenters. The second kappa shape index (κ2) is 15.1. The van der Waals surface area contributed by atoms with Crippen molar-refractivity contribution in [3.8, 4) is 5.75 Å². The van der Waals surface area contributed by atoms with Gasteiger partial charge in [0.2, 0.25) is 11.8 Å². The Bertz CT molecular complexity index is 1190. The maximum Gasteiger partial charge on any atom is 0.308 e. The van der Waals surface area contributed by atoms with Gasteiger partial charge >= 0.3 is 5.97 Å². The molecule has 2 aromatic rings. The van der Waals surface area contributed by atoms with Crippen molar-refractivity contribution < 1.29 is 33.9 Å². The second-order valence-electron chi connectivity index (χ2n) is 9.38. The number of aliphatic hydroxyl groups excluding tert-OH is 1. The summed E-state index contributed by atoms with van der Waals surface area (Å²) >= 11 is 6.20. The Morgan fingerprint density at radius 1 is 1.23 bits per heavy atom. The highest BCUT2D eigenvalue weighted by molar-refractivity contribution is 6.32. The third-order valence-electron chi connectivity index (χ3n) is 6.20. The Balaban J connectivity index is 2.03. The van der Waals surface area contributed by atoms with Crippen molar-refractivity contribution in [2.45, 2.75) is 52.7 Å². The van der Waals surface area contributed by atoms with Crippen LogP contribution in [0.4, 0.5) is 0 Å². The molecule has 0 spiro atoms. The van der Waals surface area contributed by atoms with Crippen molar-refractivity contribution in [1.82, 2.24) is 15.8 Å². The van der Waals surface area contributed by atoms with Gasteiger partial charge in [0.15, 0.2) is 0 Å². The van der Waals surface area contributed by atoms with Gasteiger partial charge in [-0.15, -0.1) is 0 Å². The van der Waals surface area contributed by atoms with E-state index in [-0.39, 0.29) is 25.3 Å². The van der Waals surface area contributed by atoms with E-state index in [4.69, 9.17) is 26.0 Å². The van der Waals surface area contributed by atoms with Crippen LogP contribution in [0.5, 0.6) is 5.75 Å². The second-order valence-corrected chi connectivity index (χ2v) is 9.79. The molecule has 0 radical (unpaired) electrons. The summed E-state index contributed by atoms with van der Waals surface area (Å²) in [6, 6.07) is 4.02. The van der Waals surface area contributed by atoms with E-state index in [0.717, 1.165) is 11.3 Å². The maximum absolute atomic E-state index is 12.8. The monoisotopic (exact) mass is 561 g/mol. The largest absolute Gasteiger partial charge is 0.495 e. The number of halogens is 1. The van der Waals surface area contributed by atoms with Crippen LogP contribution in [-0.2, 0) is 20.8 Å². The molecule has 0 saturated heterocycles. The van der Waals surface area contributed by atoms with Gasteiger partial charge in [0, 0.05) is 24.4 Å². The number of hydrogen-bond donors (Lipinski definition) is 4. The lowest BCUT2D eigenvalue weighted by molar-refractivity contribution is -0.141. The van der Waals surface area contributed by atoms with Gasteiger partial charge in [-0.3, -0.25) is 14.4 Å². The van der Waals surface area contributed by atoms with E-state index in [1.54, 1.807) is 18.2 Å². The number of benzene rings is 1. The van der Waals surface area contributed by atoms with Crippen molar-refractivity contribution in [2.75, 3.05) is 13.7 Å². The average Bonchev–Trinajstić information content (AvgIpc) is 3.21. The molecular weight excluding hydrogens is 526 g/mol. The van der Waals surface area contributed by atoms with Crippen molar-refractivity contribution >= 4 is 35.5 Å². The molecule has 39 heavy (non-hydrogen) atoms. The SMILES string of the molecule is COc1ccc(C[C@@H](NC(=O)/C=C/C[C@H](O)[C@H](C)/C=C/c2c(C)noc2C)C(=O)NC[C@@H](C)C(=O)O)cc1Cl. The summed E-state index contributed by atoms with van der Waals surface area (Å²) in [5, 5.41) is 29.1. The molecule has 0 aliphatic rings. The first-order valence-corrected chi connectivity index (χ1v) is 12.9. The highest BCUT2D eigenvalue weighted by Gasteiger charge is 2.23. The third kappa shape index (κ3) is 9.88. The standard InChI is InChI=1S/C28H36ClN3O7/c1-16(9-11-21-18(3)32-39-19(21)4)24(33)7-6-8-26(34)31-23(27(35)30-15-17(2)28(36)37)14-20-10-12-25(38-5)22(29)13-20/h6,8-13,16-17,23-24,33H,7,14-15H2,1-5H3,(H,30,35)(H,31,34)(H,36,37)/b8-6+,11-9+/t16-,17-,23-,24+/m1/s1. The number of aromatic nitrogens is 1. The minimum absolute atomic E-state index is 0.0920. The molecule has 0 fully saturated rings. The van der Waals surface area contributed by atoms with E-state index in [1.165, 1.54) is 26.2 Å². The summed E-state index contributed by atoms with van der Waals surface area (Å²) in [5.74, 6) is -1.96. The number of amides is 2. The van der Waals surface area contributed by atoms with Crippen LogP contribution in [0.25, 0.3) is 6.08 Å². The lowest BCUT2D eigenvalue weighted by atomic mass is 10.00. The van der Waals surface area contributed by atoms with E-state index < -0.39 is 35.8 Å². The molecule has 0 bridgehead atoms. The summed E-state index contributed by atoms with van der Waals surface area (Å²) in [6.07, 6.45) is 6.07. The quantitative estimate of drug-likeness (QED) is 0.256. The zero-order valence-electron chi connectivity index (χ0n) is 22.7. The number of carboxylic acid groups (broad SMARTS) is 1. The summed E-state index contributed by atoms with van der Waals surface area (Å²) in [7, 11) is 1.49. The fourth-order valence-electron chi connectivity index (χ4n) is 3.60. The number of nitrogens with one attached hydrogen (secondary N) is 2.